The minimum atomic E-state index is -3.75. The van der Waals surface area contributed by atoms with Crippen LogP contribution in [0.1, 0.15) is 25.0 Å². The second-order valence-electron chi connectivity index (χ2n) is 7.19. The van der Waals surface area contributed by atoms with Gasteiger partial charge in [-0.1, -0.05) is 48.9 Å². The highest BCUT2D eigenvalue weighted by Crippen LogP contribution is 2.24. The lowest BCUT2D eigenvalue weighted by atomic mass is 10.1. The Morgan fingerprint density at radius 2 is 1.81 bits per heavy atom. The van der Waals surface area contributed by atoms with Crippen LogP contribution in [0.3, 0.4) is 0 Å². The van der Waals surface area contributed by atoms with Crippen LogP contribution in [-0.2, 0) is 32.6 Å². The van der Waals surface area contributed by atoms with Crippen molar-refractivity contribution in [1.29, 1.82) is 0 Å². The maximum Gasteiger partial charge on any atom is 0.244 e. The molecule has 31 heavy (non-hydrogen) atoms. The Hall–Kier alpha value is -2.58. The summed E-state index contributed by atoms with van der Waals surface area (Å²) in [6, 6.07) is 13.2. The molecule has 168 valence electrons. The number of rotatable bonds is 9. The SMILES string of the molecule is CCc1ccccc1N(CC(=O)N(Cc1cccc(Cl)c1)[C@@H](C)C(=O)NC)S(C)(=O)=O. The zero-order valence-electron chi connectivity index (χ0n) is 18.1. The van der Waals surface area contributed by atoms with Gasteiger partial charge in [0.1, 0.15) is 12.6 Å². The highest BCUT2D eigenvalue weighted by atomic mass is 35.5. The monoisotopic (exact) mass is 465 g/mol. The van der Waals surface area contributed by atoms with Gasteiger partial charge in [-0.15, -0.1) is 0 Å². The predicted molar refractivity (Wildman–Crippen MR) is 124 cm³/mol. The number of nitrogens with zero attached hydrogens (tertiary/aromatic N) is 2. The van der Waals surface area contributed by atoms with E-state index in [1.807, 2.05) is 19.1 Å². The first kappa shape index (κ1) is 24.7. The minimum absolute atomic E-state index is 0.112. The second-order valence-corrected chi connectivity index (χ2v) is 9.54. The Kier molecular flexibility index (Phi) is 8.47. The molecule has 0 aliphatic carbocycles. The molecule has 1 N–H and O–H groups in total. The summed E-state index contributed by atoms with van der Waals surface area (Å²) in [6.07, 6.45) is 1.67. The molecule has 0 spiro atoms. The zero-order chi connectivity index (χ0) is 23.2. The Labute approximate surface area is 189 Å². The van der Waals surface area contributed by atoms with Crippen LogP contribution in [0.2, 0.25) is 5.02 Å². The number of carbonyl (C=O) groups excluding carboxylic acids is 2. The van der Waals surface area contributed by atoms with E-state index in [9.17, 15) is 18.0 Å². The molecule has 0 fully saturated rings. The summed E-state index contributed by atoms with van der Waals surface area (Å²) in [5, 5.41) is 3.05. The van der Waals surface area contributed by atoms with Gasteiger partial charge < -0.3 is 10.2 Å². The largest absolute Gasteiger partial charge is 0.357 e. The molecule has 0 aliphatic heterocycles. The third-order valence-corrected chi connectivity index (χ3v) is 6.34. The van der Waals surface area contributed by atoms with Crippen molar-refractivity contribution in [2.24, 2.45) is 0 Å². The smallest absolute Gasteiger partial charge is 0.244 e. The fourth-order valence-corrected chi connectivity index (χ4v) is 4.36. The van der Waals surface area contributed by atoms with E-state index in [4.69, 9.17) is 11.6 Å². The van der Waals surface area contributed by atoms with Crippen molar-refractivity contribution in [3.63, 3.8) is 0 Å². The van der Waals surface area contributed by atoms with E-state index in [1.165, 1.54) is 11.9 Å². The van der Waals surface area contributed by atoms with Gasteiger partial charge in [0.2, 0.25) is 21.8 Å². The lowest BCUT2D eigenvalue weighted by molar-refractivity contribution is -0.139. The van der Waals surface area contributed by atoms with E-state index in [-0.39, 0.29) is 12.5 Å². The van der Waals surface area contributed by atoms with Gasteiger partial charge in [-0.05, 0) is 42.7 Å². The van der Waals surface area contributed by atoms with Crippen LogP contribution < -0.4 is 9.62 Å². The molecule has 9 heteroatoms. The van der Waals surface area contributed by atoms with E-state index in [2.05, 4.69) is 5.32 Å². The number of hydrogen-bond donors (Lipinski definition) is 1. The Morgan fingerprint density at radius 3 is 2.39 bits per heavy atom. The van der Waals surface area contributed by atoms with Crippen LogP contribution in [-0.4, -0.2) is 51.0 Å². The highest BCUT2D eigenvalue weighted by molar-refractivity contribution is 7.92. The molecule has 2 amide bonds. The van der Waals surface area contributed by atoms with Crippen LogP contribution in [0.25, 0.3) is 0 Å². The lowest BCUT2D eigenvalue weighted by Crippen LogP contribution is -2.50. The fraction of sp³-hybridized carbons (Fsp3) is 0.364. The highest BCUT2D eigenvalue weighted by Gasteiger charge is 2.30. The molecular weight excluding hydrogens is 438 g/mol. The van der Waals surface area contributed by atoms with Crippen LogP contribution in [0.15, 0.2) is 48.5 Å². The molecule has 0 saturated carbocycles. The van der Waals surface area contributed by atoms with Crippen LogP contribution in [0.4, 0.5) is 5.69 Å². The number of anilines is 1. The number of likely N-dealkylation sites (N-methyl/N-ethyl adjacent to an activating group) is 1. The van der Waals surface area contributed by atoms with E-state index in [1.54, 1.807) is 43.3 Å². The second kappa shape index (κ2) is 10.6. The Balaban J connectivity index is 2.42. The molecule has 0 radical (unpaired) electrons. The predicted octanol–water partition coefficient (Wildman–Crippen LogP) is 2.83. The first-order valence-electron chi connectivity index (χ1n) is 9.89. The van der Waals surface area contributed by atoms with Gasteiger partial charge in [-0.25, -0.2) is 8.42 Å². The van der Waals surface area contributed by atoms with Crippen molar-refractivity contribution < 1.29 is 18.0 Å². The van der Waals surface area contributed by atoms with E-state index < -0.39 is 28.5 Å². The van der Waals surface area contributed by atoms with Crippen molar-refractivity contribution in [2.45, 2.75) is 32.9 Å². The van der Waals surface area contributed by atoms with Gasteiger partial charge in [0, 0.05) is 18.6 Å². The number of sulfonamides is 1. The van der Waals surface area contributed by atoms with E-state index in [0.717, 1.165) is 21.7 Å². The van der Waals surface area contributed by atoms with Gasteiger partial charge in [0.15, 0.2) is 0 Å². The molecule has 0 bridgehead atoms. The average molecular weight is 466 g/mol. The molecule has 0 aromatic heterocycles. The lowest BCUT2D eigenvalue weighted by Gasteiger charge is -2.31. The van der Waals surface area contributed by atoms with Gasteiger partial charge in [-0.3, -0.25) is 13.9 Å². The quantitative estimate of drug-likeness (QED) is 0.617. The maximum absolute atomic E-state index is 13.3. The van der Waals surface area contributed by atoms with Gasteiger partial charge in [0.05, 0.1) is 11.9 Å². The van der Waals surface area contributed by atoms with Crippen molar-refractivity contribution in [3.8, 4) is 0 Å². The topological polar surface area (TPSA) is 86.8 Å². The van der Waals surface area contributed by atoms with Gasteiger partial charge in [-0.2, -0.15) is 0 Å². The summed E-state index contributed by atoms with van der Waals surface area (Å²) in [5.41, 5.74) is 1.99. The summed E-state index contributed by atoms with van der Waals surface area (Å²) >= 11 is 6.06. The number of aryl methyl sites for hydroxylation is 1. The number of carbonyl (C=O) groups is 2. The molecule has 2 rings (SSSR count). The van der Waals surface area contributed by atoms with E-state index >= 15 is 0 Å². The number of halogens is 1. The first-order valence-corrected chi connectivity index (χ1v) is 12.1. The van der Waals surface area contributed by atoms with E-state index in [0.29, 0.717) is 17.1 Å². The van der Waals surface area contributed by atoms with Crippen molar-refractivity contribution >= 4 is 39.1 Å². The molecule has 0 heterocycles. The molecule has 0 aliphatic rings. The molecule has 0 saturated heterocycles. The van der Waals surface area contributed by atoms with Crippen LogP contribution in [0, 0.1) is 0 Å². The maximum atomic E-state index is 13.3. The average Bonchev–Trinajstić information content (AvgIpc) is 2.73. The zero-order valence-corrected chi connectivity index (χ0v) is 19.7. The van der Waals surface area contributed by atoms with Gasteiger partial charge >= 0.3 is 0 Å². The van der Waals surface area contributed by atoms with Crippen LogP contribution in [0.5, 0.6) is 0 Å². The van der Waals surface area contributed by atoms with Crippen molar-refractivity contribution in [2.75, 3.05) is 24.2 Å². The number of amides is 2. The van der Waals surface area contributed by atoms with Crippen LogP contribution >= 0.6 is 11.6 Å². The first-order chi connectivity index (χ1) is 14.6. The summed E-state index contributed by atoms with van der Waals surface area (Å²) in [4.78, 5) is 27.0. The Morgan fingerprint density at radius 1 is 1.13 bits per heavy atom. The molecular formula is C22H28ClN3O4S. The number of para-hydroxylation sites is 1. The summed E-state index contributed by atoms with van der Waals surface area (Å²) in [5.74, 6) is -0.845. The molecule has 0 unspecified atom stereocenters. The van der Waals surface area contributed by atoms with Crippen molar-refractivity contribution in [3.05, 3.63) is 64.7 Å². The third kappa shape index (κ3) is 6.45. The standard InChI is InChI=1S/C22H28ClN3O4S/c1-5-18-10-6-7-12-20(18)26(31(4,29)30)15-21(27)25(16(2)22(28)24-3)14-17-9-8-11-19(23)13-17/h6-13,16H,5,14-15H2,1-4H3,(H,24,28)/t16-/m0/s1. The number of nitrogens with one attached hydrogen (secondary N) is 1. The number of hydrogen-bond acceptors (Lipinski definition) is 4. The fourth-order valence-electron chi connectivity index (χ4n) is 3.27. The minimum Gasteiger partial charge on any atom is -0.357 e. The molecule has 1 atom stereocenters. The normalized spacial score (nSPS) is 12.2. The molecule has 2 aromatic carbocycles. The van der Waals surface area contributed by atoms with Crippen molar-refractivity contribution in [1.82, 2.24) is 10.2 Å². The number of benzene rings is 2. The Bertz CT molecular complexity index is 1040. The summed E-state index contributed by atoms with van der Waals surface area (Å²) < 4.78 is 26.3. The summed E-state index contributed by atoms with van der Waals surface area (Å²) in [6.45, 7) is 3.21. The molecule has 7 nitrogen and oxygen atoms in total. The summed E-state index contributed by atoms with van der Waals surface area (Å²) in [7, 11) is -2.26. The third-order valence-electron chi connectivity index (χ3n) is 4.98. The van der Waals surface area contributed by atoms with Gasteiger partial charge in [0.25, 0.3) is 0 Å². The molecule has 2 aromatic rings.